The smallest absolute Gasteiger partial charge is 0.247 e. The van der Waals surface area contributed by atoms with Crippen LogP contribution in [0.1, 0.15) is 11.3 Å². The predicted molar refractivity (Wildman–Crippen MR) is 94.5 cm³/mol. The van der Waals surface area contributed by atoms with Crippen molar-refractivity contribution in [2.24, 2.45) is 0 Å². The van der Waals surface area contributed by atoms with E-state index in [-0.39, 0.29) is 17.0 Å². The van der Waals surface area contributed by atoms with Crippen molar-refractivity contribution in [1.82, 2.24) is 15.4 Å². The van der Waals surface area contributed by atoms with Gasteiger partial charge in [0.05, 0.1) is 5.56 Å². The van der Waals surface area contributed by atoms with Gasteiger partial charge >= 0.3 is 6.18 Å². The van der Waals surface area contributed by atoms with Crippen molar-refractivity contribution in [2.45, 2.75) is 6.18 Å². The fourth-order valence-corrected chi connectivity index (χ4v) is 2.97. The summed E-state index contributed by atoms with van der Waals surface area (Å²) in [6.45, 7) is 0. The Labute approximate surface area is 151 Å². The molecule has 4 rings (SSSR count). The SMILES string of the molecule is N#Cc1[nH]nnc1-c1cc(-c2ccc3ccccc3c2)cc(C(F)(F)F)c1. The second-order valence-electron chi connectivity index (χ2n) is 6.01. The van der Waals surface area contributed by atoms with Crippen molar-refractivity contribution in [3.8, 4) is 28.5 Å². The summed E-state index contributed by atoms with van der Waals surface area (Å²) in [7, 11) is 0. The molecule has 1 aromatic heterocycles. The molecule has 3 aromatic carbocycles. The Hall–Kier alpha value is -3.66. The molecule has 0 unspecified atom stereocenters. The summed E-state index contributed by atoms with van der Waals surface area (Å²) < 4.78 is 40.3. The quantitative estimate of drug-likeness (QED) is 0.533. The molecule has 4 nitrogen and oxygen atoms in total. The van der Waals surface area contributed by atoms with Crippen LogP contribution in [0.25, 0.3) is 33.2 Å². The van der Waals surface area contributed by atoms with Gasteiger partial charge in [-0.25, -0.2) is 5.10 Å². The molecular formula is C20H11F3N4. The zero-order valence-electron chi connectivity index (χ0n) is 13.7. The van der Waals surface area contributed by atoms with Crippen molar-refractivity contribution < 1.29 is 13.2 Å². The van der Waals surface area contributed by atoms with E-state index in [1.807, 2.05) is 42.5 Å². The molecule has 0 aliphatic rings. The molecule has 0 spiro atoms. The lowest BCUT2D eigenvalue weighted by Gasteiger charge is -2.12. The van der Waals surface area contributed by atoms with Crippen LogP contribution >= 0.6 is 0 Å². The van der Waals surface area contributed by atoms with Crippen molar-refractivity contribution in [3.05, 3.63) is 71.9 Å². The van der Waals surface area contributed by atoms with Gasteiger partial charge in [0.15, 0.2) is 5.69 Å². The molecule has 1 heterocycles. The summed E-state index contributed by atoms with van der Waals surface area (Å²) in [5.74, 6) is 0. The number of nitriles is 1. The number of nitrogens with one attached hydrogen (secondary N) is 1. The molecular weight excluding hydrogens is 353 g/mol. The van der Waals surface area contributed by atoms with Crippen LogP contribution in [0.2, 0.25) is 0 Å². The molecule has 7 heteroatoms. The van der Waals surface area contributed by atoms with Gasteiger partial charge < -0.3 is 0 Å². The maximum absolute atomic E-state index is 13.4. The van der Waals surface area contributed by atoms with E-state index in [1.165, 1.54) is 0 Å². The third-order valence-corrected chi connectivity index (χ3v) is 4.28. The first kappa shape index (κ1) is 16.8. The molecule has 0 radical (unpaired) electrons. The van der Waals surface area contributed by atoms with Crippen LogP contribution in [0, 0.1) is 11.3 Å². The average Bonchev–Trinajstić information content (AvgIpc) is 3.15. The van der Waals surface area contributed by atoms with Crippen LogP contribution in [0.5, 0.6) is 0 Å². The number of hydrogen-bond donors (Lipinski definition) is 1. The summed E-state index contributed by atoms with van der Waals surface area (Å²) in [6.07, 6.45) is -4.53. The van der Waals surface area contributed by atoms with E-state index >= 15 is 0 Å². The molecule has 4 aromatic rings. The number of nitrogens with zero attached hydrogens (tertiary/aromatic N) is 3. The molecule has 0 saturated carbocycles. The summed E-state index contributed by atoms with van der Waals surface area (Å²) >= 11 is 0. The molecule has 132 valence electrons. The number of aromatic amines is 1. The first-order valence-corrected chi connectivity index (χ1v) is 7.99. The van der Waals surface area contributed by atoms with E-state index in [1.54, 1.807) is 12.1 Å². The summed E-state index contributed by atoms with van der Waals surface area (Å²) in [5, 5.41) is 20.7. The number of rotatable bonds is 2. The highest BCUT2D eigenvalue weighted by molar-refractivity contribution is 5.88. The largest absolute Gasteiger partial charge is 0.416 e. The van der Waals surface area contributed by atoms with E-state index in [0.29, 0.717) is 11.1 Å². The van der Waals surface area contributed by atoms with Crippen molar-refractivity contribution in [1.29, 1.82) is 5.26 Å². The van der Waals surface area contributed by atoms with Gasteiger partial charge in [0.2, 0.25) is 0 Å². The topological polar surface area (TPSA) is 65.4 Å². The predicted octanol–water partition coefficient (Wildman–Crippen LogP) is 5.18. The molecule has 0 aliphatic carbocycles. The summed E-state index contributed by atoms with van der Waals surface area (Å²) in [4.78, 5) is 0. The minimum atomic E-state index is -4.53. The maximum atomic E-state index is 13.4. The minimum absolute atomic E-state index is 0.0128. The highest BCUT2D eigenvalue weighted by Crippen LogP contribution is 2.37. The Morgan fingerprint density at radius 1 is 0.852 bits per heavy atom. The Kier molecular flexibility index (Phi) is 3.89. The maximum Gasteiger partial charge on any atom is 0.416 e. The van der Waals surface area contributed by atoms with Crippen LogP contribution in [0.15, 0.2) is 60.7 Å². The molecule has 27 heavy (non-hydrogen) atoms. The van der Waals surface area contributed by atoms with Gasteiger partial charge in [-0.3, -0.25) is 0 Å². The molecule has 0 atom stereocenters. The summed E-state index contributed by atoms with van der Waals surface area (Å²) in [6, 6.07) is 18.6. The third kappa shape index (κ3) is 3.13. The lowest BCUT2D eigenvalue weighted by Crippen LogP contribution is -2.05. The van der Waals surface area contributed by atoms with E-state index < -0.39 is 11.7 Å². The second-order valence-corrected chi connectivity index (χ2v) is 6.01. The number of fused-ring (bicyclic) bond motifs is 1. The number of alkyl halides is 3. The summed E-state index contributed by atoms with van der Waals surface area (Å²) in [5.41, 5.74) is 0.498. The number of benzene rings is 3. The average molecular weight is 364 g/mol. The highest BCUT2D eigenvalue weighted by atomic mass is 19.4. The second kappa shape index (κ2) is 6.25. The molecule has 0 bridgehead atoms. The van der Waals surface area contributed by atoms with Crippen LogP contribution in [-0.4, -0.2) is 15.4 Å². The van der Waals surface area contributed by atoms with Gasteiger partial charge in [0.25, 0.3) is 0 Å². The first-order valence-electron chi connectivity index (χ1n) is 7.99. The molecule has 0 saturated heterocycles. The fourth-order valence-electron chi connectivity index (χ4n) is 2.97. The van der Waals surface area contributed by atoms with Crippen LogP contribution < -0.4 is 0 Å². The monoisotopic (exact) mass is 364 g/mol. The van der Waals surface area contributed by atoms with Gasteiger partial charge in [-0.1, -0.05) is 41.6 Å². The number of aromatic nitrogens is 3. The van der Waals surface area contributed by atoms with Crippen molar-refractivity contribution in [2.75, 3.05) is 0 Å². The van der Waals surface area contributed by atoms with Crippen molar-refractivity contribution >= 4 is 10.8 Å². The Morgan fingerprint density at radius 3 is 2.33 bits per heavy atom. The standard InChI is InChI=1S/C20H11F3N4/c21-20(22,23)17-9-15(8-16(10-17)19-18(11-24)25-27-26-19)14-6-5-12-3-1-2-4-13(12)7-14/h1-10H,(H,25,26,27). The number of halogens is 3. The Balaban J connectivity index is 1.94. The van der Waals surface area contributed by atoms with Gasteiger partial charge in [0, 0.05) is 5.56 Å². The Morgan fingerprint density at radius 2 is 1.59 bits per heavy atom. The number of hydrogen-bond acceptors (Lipinski definition) is 3. The van der Waals surface area contributed by atoms with Gasteiger partial charge in [0.1, 0.15) is 11.8 Å². The van der Waals surface area contributed by atoms with Crippen molar-refractivity contribution in [3.63, 3.8) is 0 Å². The molecule has 1 N–H and O–H groups in total. The van der Waals surface area contributed by atoms with Crippen LogP contribution in [0.3, 0.4) is 0 Å². The zero-order valence-corrected chi connectivity index (χ0v) is 13.7. The number of H-pyrrole nitrogens is 1. The fraction of sp³-hybridized carbons (Fsp3) is 0.0500. The van der Waals surface area contributed by atoms with E-state index in [2.05, 4.69) is 15.4 Å². The Bertz CT molecular complexity index is 1190. The normalized spacial score (nSPS) is 11.5. The molecule has 0 aliphatic heterocycles. The van der Waals surface area contributed by atoms with Crippen LogP contribution in [-0.2, 0) is 6.18 Å². The van der Waals surface area contributed by atoms with Crippen LogP contribution in [0.4, 0.5) is 13.2 Å². The van der Waals surface area contributed by atoms with E-state index in [0.717, 1.165) is 22.9 Å². The molecule has 0 amide bonds. The van der Waals surface area contributed by atoms with E-state index in [4.69, 9.17) is 5.26 Å². The van der Waals surface area contributed by atoms with Gasteiger partial charge in [-0.05, 0) is 46.2 Å². The lowest BCUT2D eigenvalue weighted by atomic mass is 9.96. The van der Waals surface area contributed by atoms with E-state index in [9.17, 15) is 13.2 Å². The first-order chi connectivity index (χ1) is 13.0. The minimum Gasteiger partial charge on any atom is -0.247 e. The molecule has 0 fully saturated rings. The van der Waals surface area contributed by atoms with Gasteiger partial charge in [-0.2, -0.15) is 18.4 Å². The third-order valence-electron chi connectivity index (χ3n) is 4.28. The lowest BCUT2D eigenvalue weighted by molar-refractivity contribution is -0.137. The highest BCUT2D eigenvalue weighted by Gasteiger charge is 2.32. The zero-order chi connectivity index (χ0) is 19.0. The van der Waals surface area contributed by atoms with Gasteiger partial charge in [-0.15, -0.1) is 5.10 Å².